The van der Waals surface area contributed by atoms with Crippen LogP contribution in [0.15, 0.2) is 30.6 Å². The Balaban J connectivity index is 1.94. The van der Waals surface area contributed by atoms with Crippen LogP contribution in [0.25, 0.3) is 5.65 Å². The van der Waals surface area contributed by atoms with E-state index in [4.69, 9.17) is 5.73 Å². The fraction of sp³-hybridized carbons (Fsp3) is 0.500. The lowest BCUT2D eigenvalue weighted by atomic mass is 9.91. The fourth-order valence-corrected chi connectivity index (χ4v) is 2.61. The van der Waals surface area contributed by atoms with Crippen LogP contribution in [0.5, 0.6) is 0 Å². The summed E-state index contributed by atoms with van der Waals surface area (Å²) < 4.78 is 2.18. The van der Waals surface area contributed by atoms with Gasteiger partial charge in [0.1, 0.15) is 11.5 Å². The van der Waals surface area contributed by atoms with Crippen molar-refractivity contribution >= 4 is 11.5 Å². The van der Waals surface area contributed by atoms with E-state index in [0.717, 1.165) is 25.2 Å². The maximum atomic E-state index is 5.66. The fourth-order valence-electron chi connectivity index (χ4n) is 2.61. The summed E-state index contributed by atoms with van der Waals surface area (Å²) in [5.41, 5.74) is 6.68. The highest BCUT2D eigenvalue weighted by molar-refractivity contribution is 5.52. The Hall–Kier alpha value is -1.55. The van der Waals surface area contributed by atoms with Crippen molar-refractivity contribution < 1.29 is 0 Å². The largest absolute Gasteiger partial charge is 0.355 e. The third-order valence-corrected chi connectivity index (χ3v) is 3.82. The van der Waals surface area contributed by atoms with E-state index in [2.05, 4.69) is 26.4 Å². The number of hydrogen-bond acceptors (Lipinski definition) is 3. The van der Waals surface area contributed by atoms with Crippen LogP contribution in [-0.2, 0) is 0 Å². The number of nitrogens with zero attached hydrogens (tertiary/aromatic N) is 3. The van der Waals surface area contributed by atoms with E-state index in [1.165, 1.54) is 25.1 Å². The lowest BCUT2D eigenvalue weighted by molar-refractivity contribution is 0.382. The quantitative estimate of drug-likeness (QED) is 0.875. The lowest BCUT2D eigenvalue weighted by Gasteiger charge is -2.39. The van der Waals surface area contributed by atoms with Crippen molar-refractivity contribution in [3.05, 3.63) is 30.6 Å². The number of pyridine rings is 1. The predicted molar refractivity (Wildman–Crippen MR) is 73.8 cm³/mol. The summed E-state index contributed by atoms with van der Waals surface area (Å²) in [6.07, 6.45) is 8.90. The molecule has 0 aromatic carbocycles. The Labute approximate surface area is 107 Å². The normalized spacial score (nSPS) is 15.8. The minimum absolute atomic E-state index is 0.685. The zero-order valence-corrected chi connectivity index (χ0v) is 10.6. The monoisotopic (exact) mass is 244 g/mol. The predicted octanol–water partition coefficient (Wildman–Crippen LogP) is 2.04. The average molecular weight is 244 g/mol. The minimum atomic E-state index is 0.685. The summed E-state index contributed by atoms with van der Waals surface area (Å²) in [7, 11) is 0. The van der Waals surface area contributed by atoms with Crippen LogP contribution in [-0.4, -0.2) is 28.5 Å². The summed E-state index contributed by atoms with van der Waals surface area (Å²) >= 11 is 0. The minimum Gasteiger partial charge on any atom is -0.355 e. The van der Waals surface area contributed by atoms with Crippen molar-refractivity contribution in [1.29, 1.82) is 0 Å². The molecule has 0 amide bonds. The summed E-state index contributed by atoms with van der Waals surface area (Å²) in [5.74, 6) is 1.25. The van der Waals surface area contributed by atoms with E-state index in [1.807, 2.05) is 18.5 Å². The highest BCUT2D eigenvalue weighted by Gasteiger charge is 2.25. The van der Waals surface area contributed by atoms with Crippen molar-refractivity contribution in [1.82, 2.24) is 9.38 Å². The molecule has 4 nitrogen and oxygen atoms in total. The summed E-state index contributed by atoms with van der Waals surface area (Å²) in [4.78, 5) is 6.86. The van der Waals surface area contributed by atoms with Gasteiger partial charge in [0.25, 0.3) is 0 Å². The summed E-state index contributed by atoms with van der Waals surface area (Å²) in [6, 6.07) is 7.00. The van der Waals surface area contributed by atoms with E-state index in [1.54, 1.807) is 0 Å². The highest BCUT2D eigenvalue weighted by Crippen LogP contribution is 2.29. The molecule has 2 aromatic heterocycles. The second-order valence-corrected chi connectivity index (χ2v) is 4.96. The van der Waals surface area contributed by atoms with Crippen molar-refractivity contribution in [2.24, 2.45) is 5.73 Å². The van der Waals surface area contributed by atoms with Gasteiger partial charge in [0, 0.05) is 25.0 Å². The van der Waals surface area contributed by atoms with Gasteiger partial charge in [-0.1, -0.05) is 6.07 Å². The first kappa shape index (κ1) is 11.5. The van der Waals surface area contributed by atoms with Crippen molar-refractivity contribution in [3.8, 4) is 0 Å². The number of rotatable bonds is 5. The molecule has 18 heavy (non-hydrogen) atoms. The molecule has 3 rings (SSSR count). The molecule has 0 bridgehead atoms. The zero-order valence-electron chi connectivity index (χ0n) is 10.6. The molecule has 1 aliphatic rings. The first-order chi connectivity index (χ1) is 8.90. The van der Waals surface area contributed by atoms with Crippen LogP contribution < -0.4 is 10.6 Å². The molecule has 0 atom stereocenters. The Morgan fingerprint density at radius 1 is 1.39 bits per heavy atom. The van der Waals surface area contributed by atoms with Crippen LogP contribution in [0.2, 0.25) is 0 Å². The van der Waals surface area contributed by atoms with Gasteiger partial charge in [-0.15, -0.1) is 0 Å². The first-order valence-electron chi connectivity index (χ1n) is 6.79. The molecule has 0 aliphatic heterocycles. The molecule has 0 unspecified atom stereocenters. The second kappa shape index (κ2) is 4.98. The average Bonchev–Trinajstić information content (AvgIpc) is 2.80. The maximum absolute atomic E-state index is 5.66. The van der Waals surface area contributed by atoms with E-state index in [-0.39, 0.29) is 0 Å². The number of hydrogen-bond donors (Lipinski definition) is 1. The number of anilines is 1. The standard InChI is InChI=1S/C14H20N4/c15-8-3-10-17(12-4-1-5-12)14-7-2-6-13-16-9-11-18(13)14/h2,6-7,9,11-12H,1,3-5,8,10,15H2. The number of aromatic nitrogens is 2. The van der Waals surface area contributed by atoms with Crippen LogP contribution >= 0.6 is 0 Å². The van der Waals surface area contributed by atoms with E-state index >= 15 is 0 Å². The maximum Gasteiger partial charge on any atom is 0.138 e. The summed E-state index contributed by atoms with van der Waals surface area (Å²) in [5, 5.41) is 0. The van der Waals surface area contributed by atoms with E-state index in [9.17, 15) is 0 Å². The van der Waals surface area contributed by atoms with Gasteiger partial charge in [0.05, 0.1) is 0 Å². The molecule has 1 aliphatic carbocycles. The smallest absolute Gasteiger partial charge is 0.138 e. The van der Waals surface area contributed by atoms with Crippen LogP contribution in [0.1, 0.15) is 25.7 Å². The Bertz CT molecular complexity index is 515. The van der Waals surface area contributed by atoms with Gasteiger partial charge in [0.15, 0.2) is 0 Å². The molecule has 1 fully saturated rings. The second-order valence-electron chi connectivity index (χ2n) is 4.96. The number of fused-ring (bicyclic) bond motifs is 1. The lowest BCUT2D eigenvalue weighted by Crippen LogP contribution is -2.42. The molecule has 96 valence electrons. The molecular weight excluding hydrogens is 224 g/mol. The highest BCUT2D eigenvalue weighted by atomic mass is 15.3. The number of imidazole rings is 1. The molecule has 2 N–H and O–H groups in total. The van der Waals surface area contributed by atoms with Gasteiger partial charge in [-0.3, -0.25) is 4.40 Å². The molecule has 4 heteroatoms. The van der Waals surface area contributed by atoms with Gasteiger partial charge in [-0.05, 0) is 44.4 Å². The first-order valence-corrected chi connectivity index (χ1v) is 6.79. The van der Waals surface area contributed by atoms with Gasteiger partial charge >= 0.3 is 0 Å². The molecule has 2 heterocycles. The molecule has 1 saturated carbocycles. The van der Waals surface area contributed by atoms with Crippen molar-refractivity contribution in [3.63, 3.8) is 0 Å². The Morgan fingerprint density at radius 3 is 3.00 bits per heavy atom. The van der Waals surface area contributed by atoms with Crippen molar-refractivity contribution in [2.75, 3.05) is 18.0 Å². The SMILES string of the molecule is NCCCN(c1cccc2nccn12)C1CCC1. The zero-order chi connectivity index (χ0) is 12.4. The third-order valence-electron chi connectivity index (χ3n) is 3.82. The van der Waals surface area contributed by atoms with Gasteiger partial charge in [-0.2, -0.15) is 0 Å². The Morgan fingerprint density at radius 2 is 2.28 bits per heavy atom. The van der Waals surface area contributed by atoms with Gasteiger partial charge < -0.3 is 10.6 Å². The topological polar surface area (TPSA) is 46.6 Å². The Kier molecular flexibility index (Phi) is 3.19. The van der Waals surface area contributed by atoms with Gasteiger partial charge in [-0.25, -0.2) is 4.98 Å². The van der Waals surface area contributed by atoms with Crippen LogP contribution in [0.4, 0.5) is 5.82 Å². The van der Waals surface area contributed by atoms with Crippen molar-refractivity contribution in [2.45, 2.75) is 31.7 Å². The van der Waals surface area contributed by atoms with Crippen LogP contribution in [0, 0.1) is 0 Å². The molecule has 2 aromatic rings. The van der Waals surface area contributed by atoms with E-state index < -0.39 is 0 Å². The molecular formula is C14H20N4. The van der Waals surface area contributed by atoms with E-state index in [0.29, 0.717) is 6.04 Å². The molecule has 0 spiro atoms. The molecule has 0 saturated heterocycles. The van der Waals surface area contributed by atoms with Gasteiger partial charge in [0.2, 0.25) is 0 Å². The van der Waals surface area contributed by atoms with Crippen LogP contribution in [0.3, 0.4) is 0 Å². The summed E-state index contributed by atoms with van der Waals surface area (Å²) in [6.45, 7) is 1.79. The molecule has 0 radical (unpaired) electrons. The third kappa shape index (κ3) is 1.97. The number of nitrogens with two attached hydrogens (primary N) is 1.